The van der Waals surface area contributed by atoms with Crippen LogP contribution in [0.5, 0.6) is 0 Å². The van der Waals surface area contributed by atoms with Gasteiger partial charge in [-0.05, 0) is 37.5 Å². The zero-order valence-electron chi connectivity index (χ0n) is 16.7. The topological polar surface area (TPSA) is 65.1 Å². The molecule has 6 nitrogen and oxygen atoms in total. The number of carbonyl (C=O) groups is 1. The molecule has 0 fully saturated rings. The van der Waals surface area contributed by atoms with Gasteiger partial charge in [0.05, 0.1) is 18.9 Å². The molecule has 8 heteroatoms. The highest BCUT2D eigenvalue weighted by Gasteiger charge is 2.38. The molecule has 1 unspecified atom stereocenters. The molecule has 0 aromatic heterocycles. The van der Waals surface area contributed by atoms with Crippen molar-refractivity contribution in [3.05, 3.63) is 70.2 Å². The van der Waals surface area contributed by atoms with Gasteiger partial charge in [0, 0.05) is 11.0 Å². The second-order valence-electron chi connectivity index (χ2n) is 6.21. The lowest BCUT2D eigenvalue weighted by Gasteiger charge is -2.28. The molecule has 0 saturated heterocycles. The molecule has 0 aliphatic carbocycles. The van der Waals surface area contributed by atoms with Crippen LogP contribution in [-0.2, 0) is 29.9 Å². The van der Waals surface area contributed by atoms with E-state index in [1.165, 1.54) is 5.06 Å². The molecule has 0 N–H and O–H groups in total. The first-order valence-corrected chi connectivity index (χ1v) is 12.0. The predicted molar refractivity (Wildman–Crippen MR) is 116 cm³/mol. The van der Waals surface area contributed by atoms with E-state index >= 15 is 0 Å². The zero-order chi connectivity index (χ0) is 21.1. The molecule has 0 radical (unpaired) electrons. The van der Waals surface area contributed by atoms with Crippen molar-refractivity contribution < 1.29 is 23.2 Å². The first-order valence-electron chi connectivity index (χ1n) is 9.56. The Morgan fingerprint density at radius 2 is 1.66 bits per heavy atom. The SMILES string of the molecule is CCOP(=O)(OCC)C(CCN(C=O)OCc1ccccc1)c1ccccc1Br. The standard InChI is InChI=1S/C21H27BrNO5P/c1-3-27-29(25,28-4-2)21(19-12-8-9-13-20(19)22)14-15-23(17-24)26-16-18-10-6-5-7-11-18/h5-13,17,21H,3-4,14-16H2,1-2H3. The summed E-state index contributed by atoms with van der Waals surface area (Å²) in [5.41, 5.74) is 1.23. The second-order valence-corrected chi connectivity index (χ2v) is 9.28. The first-order chi connectivity index (χ1) is 14.0. The van der Waals surface area contributed by atoms with Gasteiger partial charge in [-0.2, -0.15) is 0 Å². The van der Waals surface area contributed by atoms with Crippen molar-refractivity contribution in [2.75, 3.05) is 19.8 Å². The molecule has 0 aliphatic rings. The fourth-order valence-electron chi connectivity index (χ4n) is 2.94. The van der Waals surface area contributed by atoms with Gasteiger partial charge in [-0.1, -0.05) is 64.5 Å². The molecular formula is C21H27BrNO5P. The van der Waals surface area contributed by atoms with E-state index in [1.807, 2.05) is 54.6 Å². The van der Waals surface area contributed by atoms with Crippen LogP contribution in [0.3, 0.4) is 0 Å². The number of carbonyl (C=O) groups excluding carboxylic acids is 1. The Bertz CT molecular complexity index is 795. The molecular weight excluding hydrogens is 457 g/mol. The summed E-state index contributed by atoms with van der Waals surface area (Å²) in [5, 5.41) is 1.22. The molecule has 1 atom stereocenters. The highest BCUT2D eigenvalue weighted by atomic mass is 79.9. The van der Waals surface area contributed by atoms with E-state index in [4.69, 9.17) is 13.9 Å². The van der Waals surface area contributed by atoms with Gasteiger partial charge in [0.15, 0.2) is 0 Å². The molecule has 1 amide bonds. The van der Waals surface area contributed by atoms with E-state index in [0.717, 1.165) is 15.6 Å². The van der Waals surface area contributed by atoms with Crippen LogP contribution in [0.25, 0.3) is 0 Å². The summed E-state index contributed by atoms with van der Waals surface area (Å²) in [4.78, 5) is 17.1. The lowest BCUT2D eigenvalue weighted by Crippen LogP contribution is -2.25. The maximum atomic E-state index is 13.5. The third-order valence-electron chi connectivity index (χ3n) is 4.24. The van der Waals surface area contributed by atoms with Gasteiger partial charge in [0.2, 0.25) is 6.41 Å². The van der Waals surface area contributed by atoms with Crippen LogP contribution in [0.15, 0.2) is 59.1 Å². The predicted octanol–water partition coefficient (Wildman–Crippen LogP) is 5.74. The smallest absolute Gasteiger partial charge is 0.308 e. The average Bonchev–Trinajstić information content (AvgIpc) is 2.72. The monoisotopic (exact) mass is 483 g/mol. The van der Waals surface area contributed by atoms with Gasteiger partial charge in [0.25, 0.3) is 0 Å². The van der Waals surface area contributed by atoms with Crippen molar-refractivity contribution in [2.24, 2.45) is 0 Å². The minimum absolute atomic E-state index is 0.243. The van der Waals surface area contributed by atoms with Crippen molar-refractivity contribution in [1.82, 2.24) is 5.06 Å². The number of hydroxylamine groups is 2. The summed E-state index contributed by atoms with van der Waals surface area (Å²) in [7, 11) is -3.45. The number of nitrogens with zero attached hydrogens (tertiary/aromatic N) is 1. The summed E-state index contributed by atoms with van der Waals surface area (Å²) >= 11 is 3.53. The van der Waals surface area contributed by atoms with Crippen LogP contribution in [0.4, 0.5) is 0 Å². The summed E-state index contributed by atoms with van der Waals surface area (Å²) in [5.74, 6) is 0. The van der Waals surface area contributed by atoms with Crippen molar-refractivity contribution in [3.8, 4) is 0 Å². The Balaban J connectivity index is 2.17. The third kappa shape index (κ3) is 7.05. The minimum Gasteiger partial charge on any atom is -0.308 e. The van der Waals surface area contributed by atoms with Crippen molar-refractivity contribution >= 4 is 29.9 Å². The molecule has 29 heavy (non-hydrogen) atoms. The van der Waals surface area contributed by atoms with Gasteiger partial charge < -0.3 is 9.05 Å². The van der Waals surface area contributed by atoms with Crippen LogP contribution in [-0.4, -0.2) is 31.2 Å². The Hall–Kier alpha value is -1.50. The number of benzene rings is 2. The lowest BCUT2D eigenvalue weighted by atomic mass is 10.1. The molecule has 0 heterocycles. The van der Waals surface area contributed by atoms with Crippen LogP contribution >= 0.6 is 23.5 Å². The van der Waals surface area contributed by atoms with E-state index in [2.05, 4.69) is 15.9 Å². The largest absolute Gasteiger partial charge is 0.338 e. The van der Waals surface area contributed by atoms with Gasteiger partial charge in [-0.15, -0.1) is 0 Å². The second kappa shape index (κ2) is 12.3. The van der Waals surface area contributed by atoms with Gasteiger partial charge in [-0.3, -0.25) is 14.2 Å². The van der Waals surface area contributed by atoms with Gasteiger partial charge in [-0.25, -0.2) is 5.06 Å². The number of amides is 1. The Kier molecular flexibility index (Phi) is 10.0. The maximum absolute atomic E-state index is 13.5. The normalized spacial score (nSPS) is 12.5. The molecule has 0 aliphatic heterocycles. The van der Waals surface area contributed by atoms with E-state index in [9.17, 15) is 9.36 Å². The summed E-state index contributed by atoms with van der Waals surface area (Å²) < 4.78 is 25.5. The average molecular weight is 484 g/mol. The van der Waals surface area contributed by atoms with Crippen molar-refractivity contribution in [3.63, 3.8) is 0 Å². The molecule has 0 bridgehead atoms. The van der Waals surface area contributed by atoms with Crippen molar-refractivity contribution in [1.29, 1.82) is 0 Å². The van der Waals surface area contributed by atoms with Crippen LogP contribution in [0.1, 0.15) is 37.1 Å². The van der Waals surface area contributed by atoms with Crippen LogP contribution in [0, 0.1) is 0 Å². The molecule has 2 aromatic carbocycles. The fourth-order valence-corrected chi connectivity index (χ4v) is 5.83. The summed E-state index contributed by atoms with van der Waals surface area (Å²) in [6, 6.07) is 17.1. The van der Waals surface area contributed by atoms with E-state index in [0.29, 0.717) is 12.8 Å². The summed E-state index contributed by atoms with van der Waals surface area (Å²) in [6.07, 6.45) is 0.986. The minimum atomic E-state index is -3.45. The van der Waals surface area contributed by atoms with Crippen LogP contribution < -0.4 is 0 Å². The molecule has 2 aromatic rings. The molecule has 0 spiro atoms. The van der Waals surface area contributed by atoms with Gasteiger partial charge >= 0.3 is 7.60 Å². The van der Waals surface area contributed by atoms with Gasteiger partial charge in [0.1, 0.15) is 6.61 Å². The number of hydrogen-bond acceptors (Lipinski definition) is 5. The Morgan fingerprint density at radius 1 is 1.03 bits per heavy atom. The molecule has 158 valence electrons. The highest BCUT2D eigenvalue weighted by molar-refractivity contribution is 9.10. The number of halogens is 1. The van der Waals surface area contributed by atoms with Crippen LogP contribution in [0.2, 0.25) is 0 Å². The Morgan fingerprint density at radius 3 is 2.24 bits per heavy atom. The third-order valence-corrected chi connectivity index (χ3v) is 7.50. The summed E-state index contributed by atoms with van der Waals surface area (Å²) in [6.45, 7) is 4.60. The van der Waals surface area contributed by atoms with Crippen molar-refractivity contribution in [2.45, 2.75) is 32.5 Å². The van der Waals surface area contributed by atoms with E-state index in [-0.39, 0.29) is 26.4 Å². The maximum Gasteiger partial charge on any atom is 0.338 e. The molecule has 2 rings (SSSR count). The fraction of sp³-hybridized carbons (Fsp3) is 0.381. The highest BCUT2D eigenvalue weighted by Crippen LogP contribution is 2.63. The first kappa shape index (κ1) is 23.8. The lowest BCUT2D eigenvalue weighted by molar-refractivity contribution is -0.177. The Labute approximate surface area is 180 Å². The van der Waals surface area contributed by atoms with E-state index < -0.39 is 13.3 Å². The zero-order valence-corrected chi connectivity index (χ0v) is 19.2. The quantitative estimate of drug-likeness (QED) is 0.206. The number of hydrogen-bond donors (Lipinski definition) is 0. The molecule has 0 saturated carbocycles. The van der Waals surface area contributed by atoms with E-state index in [1.54, 1.807) is 13.8 Å². The number of rotatable bonds is 13.